The normalized spacial score (nSPS) is 12.8. The number of fused-ring (bicyclic) bond motifs is 5. The molecule has 0 bridgehead atoms. The molecule has 0 saturated heterocycles. The van der Waals surface area contributed by atoms with Gasteiger partial charge in [0.2, 0.25) is 0 Å². The Labute approximate surface area is 165 Å². The van der Waals surface area contributed by atoms with Crippen LogP contribution in [0, 0.1) is 0 Å². The molecule has 0 saturated carbocycles. The van der Waals surface area contributed by atoms with Crippen molar-refractivity contribution in [2.24, 2.45) is 0 Å². The Morgan fingerprint density at radius 3 is 2.67 bits per heavy atom. The van der Waals surface area contributed by atoms with Gasteiger partial charge in [-0.3, -0.25) is 9.36 Å². The fraction of sp³-hybridized carbons (Fsp3) is 0.182. The molecule has 3 nitrogen and oxygen atoms in total. The minimum atomic E-state index is 0.0547. The van der Waals surface area contributed by atoms with Crippen molar-refractivity contribution in [2.75, 3.05) is 5.75 Å². The summed E-state index contributed by atoms with van der Waals surface area (Å²) in [5.41, 5.74) is 4.73. The molecular weight excluding hydrogens is 372 g/mol. The number of thiophene rings is 1. The Morgan fingerprint density at radius 2 is 1.85 bits per heavy atom. The molecule has 1 aliphatic carbocycles. The molecule has 1 aliphatic rings. The zero-order valence-electron chi connectivity index (χ0n) is 14.9. The van der Waals surface area contributed by atoms with Crippen molar-refractivity contribution in [1.29, 1.82) is 0 Å². The molecule has 27 heavy (non-hydrogen) atoms. The Kier molecular flexibility index (Phi) is 4.14. The van der Waals surface area contributed by atoms with Crippen LogP contribution in [-0.4, -0.2) is 15.3 Å². The number of benzene rings is 2. The number of aromatic nitrogens is 2. The number of hydrogen-bond acceptors (Lipinski definition) is 4. The third kappa shape index (κ3) is 2.65. The van der Waals surface area contributed by atoms with Crippen molar-refractivity contribution in [3.05, 3.63) is 76.1 Å². The molecule has 0 N–H and O–H groups in total. The predicted molar refractivity (Wildman–Crippen MR) is 114 cm³/mol. The summed E-state index contributed by atoms with van der Waals surface area (Å²) in [7, 11) is 0. The number of rotatable bonds is 3. The highest BCUT2D eigenvalue weighted by molar-refractivity contribution is 7.99. The summed E-state index contributed by atoms with van der Waals surface area (Å²) >= 11 is 3.28. The zero-order valence-corrected chi connectivity index (χ0v) is 16.6. The molecule has 0 amide bonds. The molecule has 0 spiro atoms. The molecule has 0 atom stereocenters. The highest BCUT2D eigenvalue weighted by Crippen LogP contribution is 2.42. The van der Waals surface area contributed by atoms with E-state index in [2.05, 4.69) is 31.2 Å². The third-order valence-electron chi connectivity index (χ3n) is 4.99. The molecule has 2 aromatic heterocycles. The van der Waals surface area contributed by atoms with Gasteiger partial charge in [0, 0.05) is 4.88 Å². The SMILES string of the molecule is CCSc1nc2sc3c(c2c(=O)n1-c1ccccc1)CCc1ccccc1-3. The van der Waals surface area contributed by atoms with E-state index in [0.29, 0.717) is 0 Å². The molecule has 2 aromatic carbocycles. The number of nitrogens with zero attached hydrogens (tertiary/aromatic N) is 2. The average molecular weight is 391 g/mol. The van der Waals surface area contributed by atoms with Crippen LogP contribution in [0.2, 0.25) is 0 Å². The highest BCUT2D eigenvalue weighted by atomic mass is 32.2. The monoisotopic (exact) mass is 390 g/mol. The van der Waals surface area contributed by atoms with Crippen molar-refractivity contribution in [1.82, 2.24) is 9.55 Å². The topological polar surface area (TPSA) is 34.9 Å². The second-order valence-electron chi connectivity index (χ2n) is 6.55. The third-order valence-corrected chi connectivity index (χ3v) is 6.97. The lowest BCUT2D eigenvalue weighted by atomic mass is 9.90. The van der Waals surface area contributed by atoms with Crippen LogP contribution in [0.5, 0.6) is 0 Å². The first-order valence-electron chi connectivity index (χ1n) is 9.13. The maximum absolute atomic E-state index is 13.6. The van der Waals surface area contributed by atoms with Crippen molar-refractivity contribution in [2.45, 2.75) is 24.9 Å². The second-order valence-corrected chi connectivity index (χ2v) is 8.78. The first-order valence-corrected chi connectivity index (χ1v) is 10.9. The number of thioether (sulfide) groups is 1. The number of para-hydroxylation sites is 1. The predicted octanol–water partition coefficient (Wildman–Crippen LogP) is 5.32. The molecular formula is C22H18N2OS2. The van der Waals surface area contributed by atoms with Gasteiger partial charge in [-0.1, -0.05) is 61.2 Å². The Bertz CT molecular complexity index is 1210. The summed E-state index contributed by atoms with van der Waals surface area (Å²) in [6.45, 7) is 2.09. The van der Waals surface area contributed by atoms with E-state index in [1.807, 2.05) is 30.3 Å². The zero-order chi connectivity index (χ0) is 18.4. The minimum Gasteiger partial charge on any atom is -0.268 e. The van der Waals surface area contributed by atoms with Gasteiger partial charge >= 0.3 is 0 Å². The van der Waals surface area contributed by atoms with Gasteiger partial charge in [-0.15, -0.1) is 11.3 Å². The van der Waals surface area contributed by atoms with E-state index < -0.39 is 0 Å². The van der Waals surface area contributed by atoms with Crippen molar-refractivity contribution >= 4 is 33.3 Å². The molecule has 5 heteroatoms. The van der Waals surface area contributed by atoms with Crippen LogP contribution >= 0.6 is 23.1 Å². The van der Waals surface area contributed by atoms with E-state index >= 15 is 0 Å². The molecule has 0 aliphatic heterocycles. The molecule has 0 radical (unpaired) electrons. The molecule has 0 unspecified atom stereocenters. The summed E-state index contributed by atoms with van der Waals surface area (Å²) in [5, 5.41) is 1.57. The van der Waals surface area contributed by atoms with E-state index in [9.17, 15) is 4.79 Å². The lowest BCUT2D eigenvalue weighted by Crippen LogP contribution is -2.22. The Hall–Kier alpha value is -2.37. The smallest absolute Gasteiger partial charge is 0.267 e. The van der Waals surface area contributed by atoms with Gasteiger partial charge in [-0.2, -0.15) is 0 Å². The summed E-state index contributed by atoms with van der Waals surface area (Å²) in [6, 6.07) is 18.4. The average Bonchev–Trinajstić information content (AvgIpc) is 3.08. The summed E-state index contributed by atoms with van der Waals surface area (Å²) in [4.78, 5) is 20.6. The van der Waals surface area contributed by atoms with E-state index in [4.69, 9.17) is 4.98 Å². The van der Waals surface area contributed by atoms with Gasteiger partial charge in [0.15, 0.2) is 5.16 Å². The van der Waals surface area contributed by atoms with Crippen LogP contribution in [0.4, 0.5) is 0 Å². The fourth-order valence-electron chi connectivity index (χ4n) is 3.79. The van der Waals surface area contributed by atoms with E-state index in [0.717, 1.165) is 39.7 Å². The van der Waals surface area contributed by atoms with Crippen LogP contribution < -0.4 is 5.56 Å². The molecule has 134 valence electrons. The van der Waals surface area contributed by atoms with Crippen LogP contribution in [0.3, 0.4) is 0 Å². The van der Waals surface area contributed by atoms with E-state index in [1.165, 1.54) is 21.6 Å². The molecule has 0 fully saturated rings. The van der Waals surface area contributed by atoms with Gasteiger partial charge in [-0.25, -0.2) is 4.98 Å². The van der Waals surface area contributed by atoms with Gasteiger partial charge in [0.25, 0.3) is 5.56 Å². The quantitative estimate of drug-likeness (QED) is 0.350. The molecule has 2 heterocycles. The number of aryl methyl sites for hydroxylation is 2. The van der Waals surface area contributed by atoms with Gasteiger partial charge < -0.3 is 0 Å². The van der Waals surface area contributed by atoms with E-state index in [-0.39, 0.29) is 5.56 Å². The Balaban J connectivity index is 1.84. The first kappa shape index (κ1) is 16.8. The molecule has 4 aromatic rings. The van der Waals surface area contributed by atoms with Gasteiger partial charge in [0.05, 0.1) is 11.1 Å². The first-order chi connectivity index (χ1) is 13.3. The van der Waals surface area contributed by atoms with Crippen LogP contribution in [0.25, 0.3) is 26.3 Å². The van der Waals surface area contributed by atoms with Crippen LogP contribution in [0.15, 0.2) is 64.5 Å². The summed E-state index contributed by atoms with van der Waals surface area (Å²) < 4.78 is 1.78. The maximum Gasteiger partial charge on any atom is 0.267 e. The highest BCUT2D eigenvalue weighted by Gasteiger charge is 2.25. The number of hydrogen-bond donors (Lipinski definition) is 0. The second kappa shape index (κ2) is 6.66. The Morgan fingerprint density at radius 1 is 1.07 bits per heavy atom. The fourth-order valence-corrected chi connectivity index (χ4v) is 5.86. The van der Waals surface area contributed by atoms with Gasteiger partial charge in [-0.05, 0) is 47.4 Å². The minimum absolute atomic E-state index is 0.0547. The standard InChI is InChI=1S/C22H18N2OS2/c1-2-26-22-23-20-18(21(25)24(22)15-9-4-3-5-10-15)17-13-12-14-8-6-7-11-16(14)19(17)27-20/h3-11H,2,12-13H2,1H3. The lowest BCUT2D eigenvalue weighted by Gasteiger charge is -2.16. The largest absolute Gasteiger partial charge is 0.268 e. The summed E-state index contributed by atoms with van der Waals surface area (Å²) in [6.07, 6.45) is 1.88. The van der Waals surface area contributed by atoms with Crippen LogP contribution in [0.1, 0.15) is 18.1 Å². The van der Waals surface area contributed by atoms with Crippen molar-refractivity contribution in [3.63, 3.8) is 0 Å². The lowest BCUT2D eigenvalue weighted by molar-refractivity contribution is 0.820. The molecule has 5 rings (SSSR count). The maximum atomic E-state index is 13.6. The van der Waals surface area contributed by atoms with Crippen LogP contribution in [-0.2, 0) is 12.8 Å². The van der Waals surface area contributed by atoms with Crippen molar-refractivity contribution < 1.29 is 0 Å². The van der Waals surface area contributed by atoms with Gasteiger partial charge in [0.1, 0.15) is 4.83 Å². The summed E-state index contributed by atoms with van der Waals surface area (Å²) in [5.74, 6) is 0.874. The van der Waals surface area contributed by atoms with Crippen molar-refractivity contribution in [3.8, 4) is 16.1 Å². The van der Waals surface area contributed by atoms with E-state index in [1.54, 1.807) is 27.7 Å².